The number of β-amino-alcohol motifs (C(OH)–C–C–N with tert-alkyl or cyclic N) is 2. The lowest BCUT2D eigenvalue weighted by molar-refractivity contribution is 0.0572. The highest BCUT2D eigenvalue weighted by Crippen LogP contribution is 2.26. The Kier molecular flexibility index (Phi) is 3.47. The predicted molar refractivity (Wildman–Crippen MR) is 66.3 cm³/mol. The van der Waals surface area contributed by atoms with Gasteiger partial charge in [0.25, 0.3) is 0 Å². The smallest absolute Gasteiger partial charge is 0.245 e. The van der Waals surface area contributed by atoms with Gasteiger partial charge in [0.1, 0.15) is 4.90 Å². The number of aliphatic hydroxyl groups excluding tert-OH is 2. The molecule has 0 aliphatic carbocycles. The third kappa shape index (κ3) is 2.41. The number of hydrogen-bond donors (Lipinski definition) is 3. The summed E-state index contributed by atoms with van der Waals surface area (Å²) < 4.78 is 25.5. The number of nitrogen functional groups attached to an aromatic ring is 1. The van der Waals surface area contributed by atoms with Crippen molar-refractivity contribution in [2.45, 2.75) is 17.1 Å². The van der Waals surface area contributed by atoms with Gasteiger partial charge in [-0.1, -0.05) is 0 Å². The molecule has 0 aromatic heterocycles. The average Bonchev–Trinajstić information content (AvgIpc) is 2.70. The van der Waals surface area contributed by atoms with E-state index in [0.717, 1.165) is 4.31 Å². The van der Waals surface area contributed by atoms with Gasteiger partial charge in [-0.05, 0) is 18.2 Å². The van der Waals surface area contributed by atoms with Crippen LogP contribution in [0, 0.1) is 11.3 Å². The molecule has 2 rings (SSSR count). The van der Waals surface area contributed by atoms with E-state index in [1.54, 1.807) is 0 Å². The third-order valence-electron chi connectivity index (χ3n) is 2.98. The lowest BCUT2D eigenvalue weighted by Crippen LogP contribution is -2.30. The summed E-state index contributed by atoms with van der Waals surface area (Å²) in [7, 11) is -3.88. The normalized spacial score (nSPS) is 24.3. The van der Waals surface area contributed by atoms with Gasteiger partial charge in [-0.3, -0.25) is 0 Å². The zero-order valence-corrected chi connectivity index (χ0v) is 10.7. The van der Waals surface area contributed by atoms with E-state index in [9.17, 15) is 18.6 Å². The molecule has 0 spiro atoms. The molecule has 19 heavy (non-hydrogen) atoms. The molecule has 1 saturated heterocycles. The van der Waals surface area contributed by atoms with E-state index in [1.807, 2.05) is 6.07 Å². The Labute approximate surface area is 110 Å². The molecule has 1 heterocycles. The van der Waals surface area contributed by atoms with Crippen LogP contribution in [0.25, 0.3) is 0 Å². The molecule has 1 fully saturated rings. The fraction of sp³-hybridized carbons (Fsp3) is 0.364. The zero-order chi connectivity index (χ0) is 14.2. The van der Waals surface area contributed by atoms with Gasteiger partial charge >= 0.3 is 0 Å². The lowest BCUT2D eigenvalue weighted by atomic mass is 10.2. The number of rotatable bonds is 2. The molecule has 2 atom stereocenters. The van der Waals surface area contributed by atoms with Crippen molar-refractivity contribution in [3.8, 4) is 6.07 Å². The summed E-state index contributed by atoms with van der Waals surface area (Å²) >= 11 is 0. The average molecular weight is 283 g/mol. The highest BCUT2D eigenvalue weighted by atomic mass is 32.2. The molecule has 102 valence electrons. The minimum atomic E-state index is -3.88. The molecule has 0 bridgehead atoms. The van der Waals surface area contributed by atoms with Crippen LogP contribution in [0.4, 0.5) is 5.69 Å². The number of aliphatic hydroxyl groups is 2. The first kappa shape index (κ1) is 13.8. The number of anilines is 1. The van der Waals surface area contributed by atoms with Gasteiger partial charge in [-0.25, -0.2) is 8.42 Å². The van der Waals surface area contributed by atoms with Gasteiger partial charge in [0.15, 0.2) is 0 Å². The summed E-state index contributed by atoms with van der Waals surface area (Å²) in [6.07, 6.45) is -2.20. The van der Waals surface area contributed by atoms with Gasteiger partial charge < -0.3 is 15.9 Å². The molecular formula is C11H13N3O4S. The molecule has 7 nitrogen and oxygen atoms in total. The second-order valence-corrected chi connectivity index (χ2v) is 6.23. The minimum absolute atomic E-state index is 0.0325. The molecular weight excluding hydrogens is 270 g/mol. The van der Waals surface area contributed by atoms with Crippen LogP contribution in [0.5, 0.6) is 0 Å². The standard InChI is InChI=1S/C11H13N3O4S/c12-4-7-1-2-11(8(13)3-7)19(17,18)14-5-9(15)10(16)6-14/h1-3,9-10,15-16H,5-6,13H2/t9-,10+. The van der Waals surface area contributed by atoms with Gasteiger partial charge in [0.2, 0.25) is 10.0 Å². The fourth-order valence-corrected chi connectivity index (χ4v) is 3.50. The molecule has 1 aromatic rings. The van der Waals surface area contributed by atoms with Crippen molar-refractivity contribution in [2.24, 2.45) is 0 Å². The topological polar surface area (TPSA) is 128 Å². The molecule has 0 unspecified atom stereocenters. The number of hydrogen-bond acceptors (Lipinski definition) is 6. The second-order valence-electron chi connectivity index (χ2n) is 4.32. The van der Waals surface area contributed by atoms with Crippen LogP contribution in [0.3, 0.4) is 0 Å². The van der Waals surface area contributed by atoms with Crippen molar-refractivity contribution in [1.29, 1.82) is 5.26 Å². The Morgan fingerprint density at radius 2 is 1.89 bits per heavy atom. The van der Waals surface area contributed by atoms with Crippen LogP contribution in [0.2, 0.25) is 0 Å². The van der Waals surface area contributed by atoms with E-state index in [4.69, 9.17) is 11.0 Å². The maximum Gasteiger partial charge on any atom is 0.245 e. The lowest BCUT2D eigenvalue weighted by Gasteiger charge is -2.16. The summed E-state index contributed by atoms with van der Waals surface area (Å²) in [4.78, 5) is -0.132. The van der Waals surface area contributed by atoms with E-state index in [0.29, 0.717) is 0 Å². The van der Waals surface area contributed by atoms with Crippen molar-refractivity contribution in [1.82, 2.24) is 4.31 Å². The third-order valence-corrected chi connectivity index (χ3v) is 4.89. The molecule has 4 N–H and O–H groups in total. The van der Waals surface area contributed by atoms with E-state index >= 15 is 0 Å². The van der Waals surface area contributed by atoms with Gasteiger partial charge in [0.05, 0.1) is 29.5 Å². The molecule has 1 aromatic carbocycles. The van der Waals surface area contributed by atoms with Gasteiger partial charge in [-0.2, -0.15) is 9.57 Å². The largest absolute Gasteiger partial charge is 0.398 e. The number of nitrogens with two attached hydrogens (primary N) is 1. The minimum Gasteiger partial charge on any atom is -0.398 e. The van der Waals surface area contributed by atoms with Crippen LogP contribution in [0.15, 0.2) is 23.1 Å². The summed E-state index contributed by atoms with van der Waals surface area (Å²) in [5, 5.41) is 27.5. The predicted octanol–water partition coefficient (Wildman–Crippen LogP) is -1.13. The highest BCUT2D eigenvalue weighted by Gasteiger charge is 2.38. The van der Waals surface area contributed by atoms with E-state index in [-0.39, 0.29) is 29.2 Å². The van der Waals surface area contributed by atoms with Crippen LogP contribution >= 0.6 is 0 Å². The van der Waals surface area contributed by atoms with Gasteiger partial charge in [0, 0.05) is 13.1 Å². The zero-order valence-electron chi connectivity index (χ0n) is 9.89. The fourth-order valence-electron chi connectivity index (χ4n) is 1.92. The van der Waals surface area contributed by atoms with Crippen molar-refractivity contribution in [3.63, 3.8) is 0 Å². The molecule has 0 radical (unpaired) electrons. The molecule has 0 amide bonds. The number of benzene rings is 1. The molecule has 0 saturated carbocycles. The molecule has 1 aliphatic rings. The SMILES string of the molecule is N#Cc1ccc(S(=O)(=O)N2C[C@@H](O)[C@@H](O)C2)c(N)c1. The Morgan fingerprint density at radius 3 is 2.37 bits per heavy atom. The first-order chi connectivity index (χ1) is 8.86. The highest BCUT2D eigenvalue weighted by molar-refractivity contribution is 7.89. The van der Waals surface area contributed by atoms with Crippen LogP contribution in [0.1, 0.15) is 5.56 Å². The van der Waals surface area contributed by atoms with Crippen molar-refractivity contribution in [2.75, 3.05) is 18.8 Å². The van der Waals surface area contributed by atoms with Crippen LogP contribution in [-0.4, -0.2) is 48.2 Å². The summed E-state index contributed by atoms with van der Waals surface area (Å²) in [5.74, 6) is 0. The second kappa shape index (κ2) is 4.79. The Balaban J connectivity index is 2.39. The monoisotopic (exact) mass is 283 g/mol. The van der Waals surface area contributed by atoms with E-state index in [1.165, 1.54) is 18.2 Å². The molecule has 8 heteroatoms. The number of nitriles is 1. The van der Waals surface area contributed by atoms with Gasteiger partial charge in [-0.15, -0.1) is 0 Å². The number of sulfonamides is 1. The summed E-state index contributed by atoms with van der Waals surface area (Å²) in [6, 6.07) is 5.74. The van der Waals surface area contributed by atoms with Crippen LogP contribution in [-0.2, 0) is 10.0 Å². The molecule has 1 aliphatic heterocycles. The first-order valence-electron chi connectivity index (χ1n) is 5.52. The Morgan fingerprint density at radius 1 is 1.32 bits per heavy atom. The van der Waals surface area contributed by atoms with Crippen molar-refractivity contribution in [3.05, 3.63) is 23.8 Å². The first-order valence-corrected chi connectivity index (χ1v) is 6.96. The quantitative estimate of drug-likeness (QED) is 0.589. The van der Waals surface area contributed by atoms with E-state index < -0.39 is 22.2 Å². The maximum atomic E-state index is 12.3. The van der Waals surface area contributed by atoms with E-state index in [2.05, 4.69) is 0 Å². The maximum absolute atomic E-state index is 12.3. The summed E-state index contributed by atoms with van der Waals surface area (Å²) in [6.45, 7) is -0.355. The number of nitrogens with zero attached hydrogens (tertiary/aromatic N) is 2. The van der Waals surface area contributed by atoms with Crippen molar-refractivity contribution >= 4 is 15.7 Å². The Bertz CT molecular complexity index is 628. The van der Waals surface area contributed by atoms with Crippen LogP contribution < -0.4 is 5.73 Å². The van der Waals surface area contributed by atoms with Crippen molar-refractivity contribution < 1.29 is 18.6 Å². The summed E-state index contributed by atoms with van der Waals surface area (Å²) in [5.41, 5.74) is 5.87. The Hall–Kier alpha value is -1.66.